The highest BCUT2D eigenvalue weighted by Gasteiger charge is 2.40. The Labute approximate surface area is 92.5 Å². The van der Waals surface area contributed by atoms with Crippen molar-refractivity contribution in [3.63, 3.8) is 0 Å². The van der Waals surface area contributed by atoms with Gasteiger partial charge in [-0.05, 0) is 29.7 Å². The number of thiophene rings is 1. The molecular formula is C10H6F3NOS. The van der Waals surface area contributed by atoms with Crippen molar-refractivity contribution in [2.75, 3.05) is 0 Å². The van der Waals surface area contributed by atoms with Crippen LogP contribution >= 0.6 is 11.3 Å². The Morgan fingerprint density at radius 3 is 2.62 bits per heavy atom. The molecule has 0 atom stereocenters. The number of fused-ring (bicyclic) bond motifs is 1. The van der Waals surface area contributed by atoms with Crippen LogP contribution in [0.25, 0.3) is 10.1 Å². The fourth-order valence-corrected chi connectivity index (χ4v) is 2.31. The summed E-state index contributed by atoms with van der Waals surface area (Å²) in [6.45, 7) is 0. The third kappa shape index (κ3) is 1.65. The van der Waals surface area contributed by atoms with Crippen molar-refractivity contribution < 1.29 is 18.0 Å². The highest BCUT2D eigenvalue weighted by atomic mass is 32.1. The zero-order valence-electron chi connectivity index (χ0n) is 7.84. The number of halogens is 3. The van der Waals surface area contributed by atoms with Gasteiger partial charge in [-0.25, -0.2) is 4.39 Å². The van der Waals surface area contributed by atoms with Crippen molar-refractivity contribution in [3.8, 4) is 0 Å². The molecule has 0 saturated carbocycles. The van der Waals surface area contributed by atoms with Crippen LogP contribution in [-0.2, 0) is 10.7 Å². The molecule has 2 N–H and O–H groups in total. The molecule has 0 aliphatic heterocycles. The monoisotopic (exact) mass is 245 g/mol. The number of alkyl halides is 2. The van der Waals surface area contributed by atoms with Gasteiger partial charge in [0, 0.05) is 4.70 Å². The predicted molar refractivity (Wildman–Crippen MR) is 54.9 cm³/mol. The smallest absolute Gasteiger partial charge is 0.358 e. The van der Waals surface area contributed by atoms with Crippen molar-refractivity contribution in [2.24, 2.45) is 5.73 Å². The van der Waals surface area contributed by atoms with Gasteiger partial charge in [0.2, 0.25) is 0 Å². The van der Waals surface area contributed by atoms with Gasteiger partial charge in [-0.3, -0.25) is 4.79 Å². The summed E-state index contributed by atoms with van der Waals surface area (Å²) in [5.74, 6) is -5.93. The number of carbonyl (C=O) groups is 1. The topological polar surface area (TPSA) is 43.1 Å². The van der Waals surface area contributed by atoms with E-state index >= 15 is 0 Å². The van der Waals surface area contributed by atoms with Gasteiger partial charge in [0.1, 0.15) is 5.82 Å². The third-order valence-corrected chi connectivity index (χ3v) is 3.28. The van der Waals surface area contributed by atoms with Gasteiger partial charge in [-0.1, -0.05) is 0 Å². The van der Waals surface area contributed by atoms with Crippen LogP contribution in [0.1, 0.15) is 4.88 Å². The third-order valence-electron chi connectivity index (χ3n) is 2.10. The van der Waals surface area contributed by atoms with Gasteiger partial charge in [-0.15, -0.1) is 11.3 Å². The van der Waals surface area contributed by atoms with Crippen molar-refractivity contribution in [2.45, 2.75) is 5.92 Å². The lowest BCUT2D eigenvalue weighted by atomic mass is 10.2. The standard InChI is InChI=1S/C10H6F3NOS/c11-6-1-2-7-5(3-6)4-8(16-7)10(12,13)9(14)15/h1-4H,(H2,14,15). The summed E-state index contributed by atoms with van der Waals surface area (Å²) in [5.41, 5.74) is 4.60. The lowest BCUT2D eigenvalue weighted by molar-refractivity contribution is -0.142. The SMILES string of the molecule is NC(=O)C(F)(F)c1cc2cc(F)ccc2s1. The second kappa shape index (κ2) is 3.48. The molecule has 16 heavy (non-hydrogen) atoms. The zero-order chi connectivity index (χ0) is 11.9. The Hall–Kier alpha value is -1.56. The first-order valence-corrected chi connectivity index (χ1v) is 5.10. The zero-order valence-corrected chi connectivity index (χ0v) is 8.65. The Morgan fingerprint density at radius 2 is 2.00 bits per heavy atom. The van der Waals surface area contributed by atoms with Crippen molar-refractivity contribution >= 4 is 27.3 Å². The van der Waals surface area contributed by atoms with Gasteiger partial charge < -0.3 is 5.73 Å². The van der Waals surface area contributed by atoms with E-state index in [0.717, 1.165) is 23.5 Å². The molecule has 0 radical (unpaired) electrons. The molecule has 0 bridgehead atoms. The second-order valence-electron chi connectivity index (χ2n) is 3.23. The van der Waals surface area contributed by atoms with E-state index in [4.69, 9.17) is 0 Å². The number of benzene rings is 1. The first-order valence-electron chi connectivity index (χ1n) is 4.28. The first-order chi connectivity index (χ1) is 7.41. The summed E-state index contributed by atoms with van der Waals surface area (Å²) in [7, 11) is 0. The van der Waals surface area contributed by atoms with Crippen LogP contribution in [0.2, 0.25) is 0 Å². The molecule has 0 aliphatic carbocycles. The Bertz CT molecular complexity index is 564. The average molecular weight is 245 g/mol. The van der Waals surface area contributed by atoms with E-state index < -0.39 is 22.5 Å². The van der Waals surface area contributed by atoms with E-state index in [9.17, 15) is 18.0 Å². The Kier molecular flexibility index (Phi) is 2.38. The fraction of sp³-hybridized carbons (Fsp3) is 0.100. The van der Waals surface area contributed by atoms with Gasteiger partial charge >= 0.3 is 5.92 Å². The van der Waals surface area contributed by atoms with Crippen LogP contribution in [0.3, 0.4) is 0 Å². The number of nitrogens with two attached hydrogens (primary N) is 1. The molecule has 84 valence electrons. The van der Waals surface area contributed by atoms with Crippen LogP contribution < -0.4 is 5.73 Å². The van der Waals surface area contributed by atoms with E-state index in [1.54, 1.807) is 0 Å². The summed E-state index contributed by atoms with van der Waals surface area (Å²) in [4.78, 5) is 10.1. The molecule has 6 heteroatoms. The van der Waals surface area contributed by atoms with E-state index in [1.165, 1.54) is 12.1 Å². The fourth-order valence-electron chi connectivity index (χ4n) is 1.29. The molecule has 2 aromatic rings. The molecule has 2 rings (SSSR count). The van der Waals surface area contributed by atoms with Crippen LogP contribution in [0.4, 0.5) is 13.2 Å². The molecule has 1 aromatic carbocycles. The van der Waals surface area contributed by atoms with Crippen LogP contribution in [0.15, 0.2) is 24.3 Å². The predicted octanol–water partition coefficient (Wildman–Crippen LogP) is 2.62. The normalized spacial score (nSPS) is 11.9. The quantitative estimate of drug-likeness (QED) is 0.868. The van der Waals surface area contributed by atoms with E-state index in [-0.39, 0.29) is 0 Å². The number of primary amides is 1. The Morgan fingerprint density at radius 1 is 1.31 bits per heavy atom. The summed E-state index contributed by atoms with van der Waals surface area (Å²) < 4.78 is 39.8. The number of carbonyl (C=O) groups excluding carboxylic acids is 1. The first kappa shape index (κ1) is 10.9. The molecule has 1 aromatic heterocycles. The maximum atomic E-state index is 13.3. The molecule has 0 saturated heterocycles. The van der Waals surface area contributed by atoms with Crippen molar-refractivity contribution in [3.05, 3.63) is 35.0 Å². The van der Waals surface area contributed by atoms with Gasteiger partial charge in [0.15, 0.2) is 0 Å². The lowest BCUT2D eigenvalue weighted by Gasteiger charge is -2.08. The molecule has 1 heterocycles. The van der Waals surface area contributed by atoms with Gasteiger partial charge in [-0.2, -0.15) is 8.78 Å². The van der Waals surface area contributed by atoms with Crippen LogP contribution in [0, 0.1) is 5.82 Å². The highest BCUT2D eigenvalue weighted by molar-refractivity contribution is 7.19. The van der Waals surface area contributed by atoms with Crippen LogP contribution in [0.5, 0.6) is 0 Å². The maximum absolute atomic E-state index is 13.3. The molecular weight excluding hydrogens is 239 g/mol. The maximum Gasteiger partial charge on any atom is 0.358 e. The average Bonchev–Trinajstić information content (AvgIpc) is 2.60. The van der Waals surface area contributed by atoms with E-state index in [2.05, 4.69) is 5.73 Å². The number of amides is 1. The summed E-state index contributed by atoms with van der Waals surface area (Å²) in [6, 6.07) is 4.77. The summed E-state index contributed by atoms with van der Waals surface area (Å²) in [6.07, 6.45) is 0. The summed E-state index contributed by atoms with van der Waals surface area (Å²) >= 11 is 0.724. The lowest BCUT2D eigenvalue weighted by Crippen LogP contribution is -2.31. The van der Waals surface area contributed by atoms with E-state index in [0.29, 0.717) is 10.1 Å². The summed E-state index contributed by atoms with van der Waals surface area (Å²) in [5, 5.41) is 0.334. The molecule has 0 fully saturated rings. The highest BCUT2D eigenvalue weighted by Crippen LogP contribution is 2.37. The molecule has 0 aliphatic rings. The number of hydrogen-bond acceptors (Lipinski definition) is 2. The van der Waals surface area contributed by atoms with Gasteiger partial charge in [0.25, 0.3) is 5.91 Å². The van der Waals surface area contributed by atoms with Crippen molar-refractivity contribution in [1.82, 2.24) is 0 Å². The minimum absolute atomic E-state index is 0.334. The second-order valence-corrected chi connectivity index (χ2v) is 4.32. The number of hydrogen-bond donors (Lipinski definition) is 1. The molecule has 1 amide bonds. The largest absolute Gasteiger partial charge is 0.364 e. The minimum Gasteiger partial charge on any atom is -0.364 e. The van der Waals surface area contributed by atoms with Crippen molar-refractivity contribution in [1.29, 1.82) is 0 Å². The molecule has 0 unspecified atom stereocenters. The molecule has 0 spiro atoms. The number of rotatable bonds is 2. The van der Waals surface area contributed by atoms with Gasteiger partial charge in [0.05, 0.1) is 4.88 Å². The minimum atomic E-state index is -3.71. The molecule has 2 nitrogen and oxygen atoms in total. The van der Waals surface area contributed by atoms with Crippen LogP contribution in [-0.4, -0.2) is 5.91 Å². The Balaban J connectivity index is 2.59. The van der Waals surface area contributed by atoms with E-state index in [1.807, 2.05) is 0 Å².